The Morgan fingerprint density at radius 3 is 2.96 bits per heavy atom. The van der Waals surface area contributed by atoms with E-state index in [0.717, 1.165) is 4.57 Å². The Kier molecular flexibility index (Phi) is 3.87. The second-order valence-electron chi connectivity index (χ2n) is 5.64. The first-order valence-electron chi connectivity index (χ1n) is 7.23. The van der Waals surface area contributed by atoms with Crippen LogP contribution in [-0.2, 0) is 11.3 Å². The van der Waals surface area contributed by atoms with Gasteiger partial charge in [-0.3, -0.25) is 14.2 Å². The minimum absolute atomic E-state index is 0.0318. The first kappa shape index (κ1) is 15.6. The van der Waals surface area contributed by atoms with Crippen molar-refractivity contribution in [3.05, 3.63) is 28.9 Å². The van der Waals surface area contributed by atoms with Gasteiger partial charge in [0.15, 0.2) is 0 Å². The van der Waals surface area contributed by atoms with E-state index in [-0.39, 0.29) is 26.1 Å². The summed E-state index contributed by atoms with van der Waals surface area (Å²) in [4.78, 5) is 32.4. The molecular weight excluding hydrogens is 313 g/mol. The summed E-state index contributed by atoms with van der Waals surface area (Å²) in [6, 6.07) is 1.55. The molecule has 0 aromatic carbocycles. The predicted molar refractivity (Wildman–Crippen MR) is 75.7 cm³/mol. The topological polar surface area (TPSA) is 71.0 Å². The Morgan fingerprint density at radius 1 is 1.43 bits per heavy atom. The number of nitrogens with zero attached hydrogens (tertiary/aromatic N) is 3. The van der Waals surface area contributed by atoms with Crippen LogP contribution in [0.1, 0.15) is 12.8 Å². The number of alkyl halides is 3. The van der Waals surface area contributed by atoms with Crippen LogP contribution in [0.5, 0.6) is 0 Å². The number of halogens is 3. The average molecular weight is 328 g/mol. The molecule has 0 aliphatic carbocycles. The third-order valence-electron chi connectivity index (χ3n) is 4.09. The van der Waals surface area contributed by atoms with Crippen LogP contribution < -0.4 is 5.56 Å². The quantitative estimate of drug-likeness (QED) is 0.909. The maximum atomic E-state index is 12.8. The van der Waals surface area contributed by atoms with E-state index in [1.165, 1.54) is 11.2 Å². The lowest BCUT2D eigenvalue weighted by Gasteiger charge is -2.33. The van der Waals surface area contributed by atoms with Crippen LogP contribution in [0.2, 0.25) is 0 Å². The van der Waals surface area contributed by atoms with Gasteiger partial charge in [-0.25, -0.2) is 4.98 Å². The average Bonchev–Trinajstić information content (AvgIpc) is 2.99. The molecule has 2 aromatic heterocycles. The summed E-state index contributed by atoms with van der Waals surface area (Å²) in [6.45, 7) is -0.381. The van der Waals surface area contributed by atoms with E-state index in [0.29, 0.717) is 17.5 Å². The van der Waals surface area contributed by atoms with Gasteiger partial charge in [0.05, 0.1) is 11.3 Å². The van der Waals surface area contributed by atoms with Gasteiger partial charge in [0.1, 0.15) is 18.5 Å². The lowest BCUT2D eigenvalue weighted by Crippen LogP contribution is -2.46. The van der Waals surface area contributed by atoms with Gasteiger partial charge in [-0.05, 0) is 18.9 Å². The van der Waals surface area contributed by atoms with Crippen LogP contribution in [0, 0.1) is 5.92 Å². The minimum atomic E-state index is -4.30. The molecule has 124 valence electrons. The minimum Gasteiger partial charge on any atom is -0.346 e. The van der Waals surface area contributed by atoms with Crippen molar-refractivity contribution in [2.75, 3.05) is 13.1 Å². The number of rotatable bonds is 2. The molecule has 0 spiro atoms. The summed E-state index contributed by atoms with van der Waals surface area (Å²) in [6.07, 6.45) is -1.18. The molecule has 1 atom stereocenters. The Balaban J connectivity index is 1.75. The molecule has 2 aromatic rings. The zero-order valence-corrected chi connectivity index (χ0v) is 12.1. The Bertz CT molecular complexity index is 780. The van der Waals surface area contributed by atoms with Crippen molar-refractivity contribution in [2.24, 2.45) is 5.92 Å². The number of likely N-dealkylation sites (tertiary alicyclic amines) is 1. The SMILES string of the molecule is O=C(Cn1cnc2[nH]ccc2c1=O)N1CCCC(C(F)(F)F)C1. The number of aromatic amines is 1. The number of hydrogen-bond acceptors (Lipinski definition) is 3. The molecule has 9 heteroatoms. The molecule has 0 radical (unpaired) electrons. The van der Waals surface area contributed by atoms with Crippen LogP contribution in [0.15, 0.2) is 23.4 Å². The summed E-state index contributed by atoms with van der Waals surface area (Å²) in [7, 11) is 0. The highest BCUT2D eigenvalue weighted by molar-refractivity contribution is 5.77. The molecule has 1 aliphatic rings. The molecule has 0 bridgehead atoms. The van der Waals surface area contributed by atoms with Gasteiger partial charge in [-0.2, -0.15) is 13.2 Å². The maximum absolute atomic E-state index is 12.8. The number of amides is 1. The van der Waals surface area contributed by atoms with E-state index in [2.05, 4.69) is 9.97 Å². The molecule has 3 rings (SSSR count). The largest absolute Gasteiger partial charge is 0.393 e. The number of carbonyl (C=O) groups excluding carboxylic acids is 1. The van der Waals surface area contributed by atoms with E-state index in [9.17, 15) is 22.8 Å². The number of fused-ring (bicyclic) bond motifs is 1. The van der Waals surface area contributed by atoms with E-state index in [1.807, 2.05) is 0 Å². The zero-order chi connectivity index (χ0) is 16.6. The molecule has 6 nitrogen and oxygen atoms in total. The van der Waals surface area contributed by atoms with E-state index >= 15 is 0 Å². The van der Waals surface area contributed by atoms with Crippen molar-refractivity contribution < 1.29 is 18.0 Å². The summed E-state index contributed by atoms with van der Waals surface area (Å²) < 4.78 is 39.5. The lowest BCUT2D eigenvalue weighted by molar-refractivity contribution is -0.188. The van der Waals surface area contributed by atoms with Gasteiger partial charge in [-0.1, -0.05) is 0 Å². The van der Waals surface area contributed by atoms with Crippen molar-refractivity contribution in [1.82, 2.24) is 19.4 Å². The zero-order valence-electron chi connectivity index (χ0n) is 12.1. The van der Waals surface area contributed by atoms with Gasteiger partial charge >= 0.3 is 6.18 Å². The number of piperidine rings is 1. The molecule has 0 saturated carbocycles. The smallest absolute Gasteiger partial charge is 0.346 e. The molecule has 1 N–H and O–H groups in total. The highest BCUT2D eigenvalue weighted by atomic mass is 19.4. The monoisotopic (exact) mass is 328 g/mol. The fourth-order valence-corrected chi connectivity index (χ4v) is 2.80. The standard InChI is InChI=1S/C14H15F3N4O2/c15-14(16,17)9-2-1-5-20(6-9)11(22)7-21-8-19-12-10(13(21)23)3-4-18-12/h3-4,8-9,18H,1-2,5-7H2. The van der Waals surface area contributed by atoms with Gasteiger partial charge in [-0.15, -0.1) is 0 Å². The third kappa shape index (κ3) is 3.08. The third-order valence-corrected chi connectivity index (χ3v) is 4.09. The fourth-order valence-electron chi connectivity index (χ4n) is 2.80. The van der Waals surface area contributed by atoms with Crippen molar-refractivity contribution >= 4 is 16.9 Å². The fraction of sp³-hybridized carbons (Fsp3) is 0.500. The Hall–Kier alpha value is -2.32. The van der Waals surface area contributed by atoms with Crippen LogP contribution in [0.25, 0.3) is 11.0 Å². The van der Waals surface area contributed by atoms with Crippen molar-refractivity contribution in [2.45, 2.75) is 25.6 Å². The highest BCUT2D eigenvalue weighted by Gasteiger charge is 2.42. The number of hydrogen-bond donors (Lipinski definition) is 1. The molecular formula is C14H15F3N4O2. The van der Waals surface area contributed by atoms with Gasteiger partial charge in [0.25, 0.3) is 5.56 Å². The molecule has 1 aliphatic heterocycles. The van der Waals surface area contributed by atoms with Gasteiger partial charge < -0.3 is 9.88 Å². The molecule has 3 heterocycles. The van der Waals surface area contributed by atoms with Crippen LogP contribution in [-0.4, -0.2) is 44.6 Å². The molecule has 1 amide bonds. The Morgan fingerprint density at radius 2 is 2.22 bits per heavy atom. The molecule has 1 saturated heterocycles. The molecule has 1 fully saturated rings. The first-order valence-corrected chi connectivity index (χ1v) is 7.23. The molecule has 1 unspecified atom stereocenters. The summed E-state index contributed by atoms with van der Waals surface area (Å²) in [5, 5.41) is 0.340. The maximum Gasteiger partial charge on any atom is 0.393 e. The number of H-pyrrole nitrogens is 1. The lowest BCUT2D eigenvalue weighted by atomic mass is 9.97. The predicted octanol–water partition coefficient (Wildman–Crippen LogP) is 1.53. The van der Waals surface area contributed by atoms with Gasteiger partial charge in [0, 0.05) is 19.3 Å². The summed E-state index contributed by atoms with van der Waals surface area (Å²) in [5.41, 5.74) is 0.0165. The number of nitrogens with one attached hydrogen (secondary N) is 1. The summed E-state index contributed by atoms with van der Waals surface area (Å²) >= 11 is 0. The van der Waals surface area contributed by atoms with E-state index < -0.39 is 23.6 Å². The van der Waals surface area contributed by atoms with Gasteiger partial charge in [0.2, 0.25) is 5.91 Å². The van der Waals surface area contributed by atoms with Crippen LogP contribution in [0.4, 0.5) is 13.2 Å². The number of aromatic nitrogens is 3. The second kappa shape index (κ2) is 5.71. The first-order chi connectivity index (χ1) is 10.9. The van der Waals surface area contributed by atoms with Crippen molar-refractivity contribution in [3.63, 3.8) is 0 Å². The highest BCUT2D eigenvalue weighted by Crippen LogP contribution is 2.33. The van der Waals surface area contributed by atoms with Crippen LogP contribution in [0.3, 0.4) is 0 Å². The summed E-state index contributed by atoms with van der Waals surface area (Å²) in [5.74, 6) is -2.00. The van der Waals surface area contributed by atoms with Crippen molar-refractivity contribution in [3.8, 4) is 0 Å². The second-order valence-corrected chi connectivity index (χ2v) is 5.64. The Labute approximate surface area is 128 Å². The van der Waals surface area contributed by atoms with Crippen molar-refractivity contribution in [1.29, 1.82) is 0 Å². The number of carbonyl (C=O) groups is 1. The normalized spacial score (nSPS) is 19.3. The van der Waals surface area contributed by atoms with Crippen LogP contribution >= 0.6 is 0 Å². The molecule has 23 heavy (non-hydrogen) atoms. The van der Waals surface area contributed by atoms with E-state index in [1.54, 1.807) is 12.3 Å². The van der Waals surface area contributed by atoms with E-state index in [4.69, 9.17) is 0 Å².